The van der Waals surface area contributed by atoms with Crippen molar-refractivity contribution in [2.75, 3.05) is 22.9 Å². The average molecular weight is 844 g/mol. The third kappa shape index (κ3) is 9.71. The molecule has 318 valence electrons. The van der Waals surface area contributed by atoms with Crippen LogP contribution in [0.25, 0.3) is 38.0 Å². The summed E-state index contributed by atoms with van der Waals surface area (Å²) in [6, 6.07) is 22.1. The number of fused-ring (bicyclic) bond motifs is 2. The lowest BCUT2D eigenvalue weighted by molar-refractivity contribution is -0.670. The van der Waals surface area contributed by atoms with Crippen LogP contribution in [0.1, 0.15) is 136 Å². The van der Waals surface area contributed by atoms with E-state index >= 15 is 0 Å². The number of hydrogen-bond acceptors (Lipinski definition) is 6. The summed E-state index contributed by atoms with van der Waals surface area (Å²) in [5.41, 5.74) is 7.88. The first-order valence-corrected chi connectivity index (χ1v) is 25.0. The summed E-state index contributed by atoms with van der Waals surface area (Å²) >= 11 is 3.52. The van der Waals surface area contributed by atoms with Gasteiger partial charge in [0.2, 0.25) is 5.78 Å². The van der Waals surface area contributed by atoms with Crippen molar-refractivity contribution in [3.05, 3.63) is 106 Å². The van der Waals surface area contributed by atoms with Gasteiger partial charge in [-0.15, -0.1) is 22.7 Å². The lowest BCUT2D eigenvalue weighted by Crippen LogP contribution is -2.36. The van der Waals surface area contributed by atoms with Crippen LogP contribution in [0.15, 0.2) is 100 Å². The Morgan fingerprint density at radius 2 is 1.22 bits per heavy atom. The van der Waals surface area contributed by atoms with Gasteiger partial charge in [0.05, 0.1) is 35.6 Å². The summed E-state index contributed by atoms with van der Waals surface area (Å²) in [5, 5.41) is 16.1. The molecule has 2 aromatic carbocycles. The number of aliphatic hydroxyl groups is 1. The van der Waals surface area contributed by atoms with Gasteiger partial charge in [-0.25, -0.2) is 9.13 Å². The predicted octanol–water partition coefficient (Wildman–Crippen LogP) is 14.7. The molecule has 60 heavy (non-hydrogen) atoms. The van der Waals surface area contributed by atoms with Crippen LogP contribution in [0.2, 0.25) is 0 Å². The monoisotopic (exact) mass is 843 g/mol. The summed E-state index contributed by atoms with van der Waals surface area (Å²) < 4.78 is 4.71. The number of hydrogen-bond donors (Lipinski definition) is 1. The normalized spacial score (nSPS) is 15.4. The summed E-state index contributed by atoms with van der Waals surface area (Å²) in [6.07, 6.45) is 24.0. The van der Waals surface area contributed by atoms with E-state index in [1.807, 2.05) is 12.2 Å². The highest BCUT2D eigenvalue weighted by Crippen LogP contribution is 2.46. The molecule has 1 aliphatic heterocycles. The van der Waals surface area contributed by atoms with Crippen LogP contribution in [0.5, 0.6) is 0 Å². The molecule has 1 aliphatic carbocycles. The van der Waals surface area contributed by atoms with Gasteiger partial charge in [0.25, 0.3) is 5.82 Å². The Balaban J connectivity index is 1.20. The molecular weight excluding hydrogens is 777 g/mol. The number of nitrogens with zero attached hydrogens (tertiary/aromatic N) is 4. The second kappa shape index (κ2) is 21.4. The van der Waals surface area contributed by atoms with Crippen molar-refractivity contribution in [2.45, 2.75) is 144 Å². The summed E-state index contributed by atoms with van der Waals surface area (Å²) in [4.78, 5) is 21.5. The number of ketones is 1. The SMILES string of the molecule is CCCCCCCCCCN1C(=CC2=C(O)C(=Cc3n(CCCCCCCCCC)c4cc(-c5cccs5)ccc4[n+]3CC)C2=O)N(CC)c2ccc(-c3cccs3)cc21. The lowest BCUT2D eigenvalue weighted by atomic mass is 9.87. The van der Waals surface area contributed by atoms with Gasteiger partial charge in [0.15, 0.2) is 11.0 Å². The maximum Gasteiger partial charge on any atom is 0.283 e. The first-order valence-electron chi connectivity index (χ1n) is 23.2. The maximum absolute atomic E-state index is 14.3. The molecule has 0 radical (unpaired) electrons. The number of unbranched alkanes of at least 4 members (excludes halogenated alkanes) is 14. The fraction of sp³-hybridized carbons (Fsp3) is 0.462. The van der Waals surface area contributed by atoms with E-state index in [0.717, 1.165) is 61.9 Å². The highest BCUT2D eigenvalue weighted by atomic mass is 32.1. The van der Waals surface area contributed by atoms with Crippen molar-refractivity contribution >= 4 is 56.9 Å². The number of rotatable bonds is 24. The van der Waals surface area contributed by atoms with E-state index in [9.17, 15) is 9.90 Å². The van der Waals surface area contributed by atoms with Crippen LogP contribution in [-0.2, 0) is 17.9 Å². The van der Waals surface area contributed by atoms with Crippen LogP contribution >= 0.6 is 22.7 Å². The minimum atomic E-state index is -0.0934. The Kier molecular flexibility index (Phi) is 15.6. The molecule has 6 nitrogen and oxygen atoms in total. The number of carbonyl (C=O) groups is 1. The minimum absolute atomic E-state index is 0.0934. The van der Waals surface area contributed by atoms with E-state index in [2.05, 4.69) is 118 Å². The van der Waals surface area contributed by atoms with Crippen molar-refractivity contribution in [1.29, 1.82) is 0 Å². The Hall–Kier alpha value is -4.40. The van der Waals surface area contributed by atoms with Crippen LogP contribution in [-0.4, -0.2) is 28.5 Å². The van der Waals surface area contributed by atoms with E-state index in [4.69, 9.17) is 0 Å². The summed E-state index contributed by atoms with van der Waals surface area (Å²) in [7, 11) is 0. The zero-order valence-corrected chi connectivity index (χ0v) is 38.3. The first-order chi connectivity index (χ1) is 29.5. The minimum Gasteiger partial charge on any atom is -0.506 e. The van der Waals surface area contributed by atoms with Crippen molar-refractivity contribution in [3.63, 3.8) is 0 Å². The number of aromatic nitrogens is 2. The van der Waals surface area contributed by atoms with Crippen molar-refractivity contribution in [2.24, 2.45) is 0 Å². The number of aryl methyl sites for hydroxylation is 2. The molecule has 1 N–H and O–H groups in total. The quantitative estimate of drug-likeness (QED) is 0.0382. The van der Waals surface area contributed by atoms with E-state index in [0.29, 0.717) is 11.1 Å². The molecule has 0 atom stereocenters. The van der Waals surface area contributed by atoms with Crippen LogP contribution < -0.4 is 14.4 Å². The molecule has 0 fully saturated rings. The summed E-state index contributed by atoms with van der Waals surface area (Å²) in [5.74, 6) is 1.95. The number of allylic oxidation sites excluding steroid dienone is 3. The Morgan fingerprint density at radius 1 is 0.633 bits per heavy atom. The zero-order valence-electron chi connectivity index (χ0n) is 36.7. The van der Waals surface area contributed by atoms with E-state index in [1.165, 1.54) is 122 Å². The first kappa shape index (κ1) is 43.7. The van der Waals surface area contributed by atoms with Crippen molar-refractivity contribution < 1.29 is 14.5 Å². The number of thiophene rings is 2. The van der Waals surface area contributed by atoms with Gasteiger partial charge in [0.1, 0.15) is 11.6 Å². The number of Topliss-reactive ketones (excluding diaryl/α,β-unsaturated/α-hetero) is 1. The molecule has 0 amide bonds. The van der Waals surface area contributed by atoms with E-state index in [1.54, 1.807) is 22.7 Å². The Morgan fingerprint density at radius 3 is 1.78 bits per heavy atom. The molecule has 0 spiro atoms. The average Bonchev–Trinajstić information content (AvgIpc) is 4.10. The number of carbonyl (C=O) groups excluding carboxylic acids is 1. The van der Waals surface area contributed by atoms with Crippen molar-refractivity contribution in [1.82, 2.24) is 4.57 Å². The van der Waals surface area contributed by atoms with Gasteiger partial charge in [-0.2, -0.15) is 0 Å². The lowest BCUT2D eigenvalue weighted by Gasteiger charge is -2.27. The van der Waals surface area contributed by atoms with E-state index < -0.39 is 0 Å². The zero-order chi connectivity index (χ0) is 41.8. The molecule has 0 bridgehead atoms. The molecule has 0 saturated heterocycles. The maximum atomic E-state index is 14.3. The smallest absolute Gasteiger partial charge is 0.283 e. The van der Waals surface area contributed by atoms with Gasteiger partial charge in [-0.3, -0.25) is 4.79 Å². The molecule has 8 heteroatoms. The molecule has 2 aliphatic rings. The van der Waals surface area contributed by atoms with Gasteiger partial charge >= 0.3 is 0 Å². The second-order valence-corrected chi connectivity index (χ2v) is 18.5. The molecule has 5 aromatic rings. The van der Waals surface area contributed by atoms with Gasteiger partial charge in [0, 0.05) is 28.9 Å². The highest BCUT2D eigenvalue weighted by molar-refractivity contribution is 7.13. The van der Waals surface area contributed by atoms with Crippen LogP contribution in [0.4, 0.5) is 11.4 Å². The Bertz CT molecular complexity index is 2280. The Labute approximate surface area is 367 Å². The number of benzene rings is 2. The molecule has 3 aromatic heterocycles. The van der Waals surface area contributed by atoms with E-state index in [-0.39, 0.29) is 11.5 Å². The van der Waals surface area contributed by atoms with Crippen molar-refractivity contribution in [3.8, 4) is 20.9 Å². The molecule has 0 saturated carbocycles. The van der Waals surface area contributed by atoms with Crippen LogP contribution in [0.3, 0.4) is 0 Å². The second-order valence-electron chi connectivity index (χ2n) is 16.6. The predicted molar refractivity (Wildman–Crippen MR) is 257 cm³/mol. The molecular formula is C52H67N4O2S2+. The largest absolute Gasteiger partial charge is 0.506 e. The van der Waals surface area contributed by atoms with Gasteiger partial charge in [-0.1, -0.05) is 116 Å². The van der Waals surface area contributed by atoms with Gasteiger partial charge < -0.3 is 14.9 Å². The molecule has 0 unspecified atom stereocenters. The highest BCUT2D eigenvalue weighted by Gasteiger charge is 2.38. The van der Waals surface area contributed by atoms with Crippen LogP contribution in [0, 0.1) is 0 Å². The molecule has 7 rings (SSSR count). The molecule has 4 heterocycles. The third-order valence-electron chi connectivity index (χ3n) is 12.5. The fourth-order valence-corrected chi connectivity index (χ4v) is 10.6. The number of imidazole rings is 1. The standard InChI is InChI=1S/C52H66N4O2S2/c1-5-9-11-13-15-17-19-21-31-55-45-35-39(47-25-23-33-59-47)27-29-43(45)53(7-3)49(55)37-41-51(57)42(52(41)58)38-50-54(8-4)44-30-28-40(48-26-24-34-60-48)36-46(44)56(50)32-22-20-18-16-14-12-10-6-2/h23-30,33-38H,5-22,31-32H2,1-4H3/p+1. The fourth-order valence-electron chi connectivity index (χ4n) is 9.14. The third-order valence-corrected chi connectivity index (χ3v) is 14.3. The topological polar surface area (TPSA) is 52.6 Å². The number of anilines is 2. The summed E-state index contributed by atoms with van der Waals surface area (Å²) in [6.45, 7) is 12.1. The van der Waals surface area contributed by atoms with Gasteiger partial charge in [-0.05, 0) is 104 Å². The number of aliphatic hydroxyl groups excluding tert-OH is 1.